The van der Waals surface area contributed by atoms with Gasteiger partial charge in [0, 0.05) is 39.3 Å². The number of carbonyl (C=O) groups is 1. The maximum atomic E-state index is 12.3. The summed E-state index contributed by atoms with van der Waals surface area (Å²) in [6, 6.07) is 0.262. The van der Waals surface area contributed by atoms with Crippen molar-refractivity contribution in [2.45, 2.75) is 19.3 Å². The molecular weight excluding hydrogens is 254 g/mol. The van der Waals surface area contributed by atoms with E-state index in [4.69, 9.17) is 0 Å². The van der Waals surface area contributed by atoms with E-state index < -0.39 is 0 Å². The zero-order chi connectivity index (χ0) is 11.9. The van der Waals surface area contributed by atoms with Crippen LogP contribution in [0.1, 0.15) is 19.3 Å². The summed E-state index contributed by atoms with van der Waals surface area (Å²) < 4.78 is 2.19. The van der Waals surface area contributed by atoms with Crippen molar-refractivity contribution in [1.29, 1.82) is 0 Å². The van der Waals surface area contributed by atoms with E-state index >= 15 is 0 Å². The quantitative estimate of drug-likeness (QED) is 0.447. The van der Waals surface area contributed by atoms with Gasteiger partial charge in [-0.15, -0.1) is 0 Å². The lowest BCUT2D eigenvalue weighted by Crippen LogP contribution is -2.50. The van der Waals surface area contributed by atoms with Crippen molar-refractivity contribution in [3.05, 3.63) is 0 Å². The minimum absolute atomic E-state index is 0.262. The first-order chi connectivity index (χ1) is 8.22. The fourth-order valence-corrected chi connectivity index (χ4v) is 3.66. The number of amides is 2. The summed E-state index contributed by atoms with van der Waals surface area (Å²) in [5, 5.41) is 0. The smallest absolute Gasteiger partial charge is 0.320 e. The van der Waals surface area contributed by atoms with Gasteiger partial charge in [0.05, 0.1) is 0 Å². The molecule has 2 saturated heterocycles. The monoisotopic (exact) mass is 273 g/mol. The maximum absolute atomic E-state index is 12.3. The Morgan fingerprint density at radius 1 is 1.00 bits per heavy atom. The van der Waals surface area contributed by atoms with Gasteiger partial charge in [-0.25, -0.2) is 9.10 Å². The zero-order valence-electron chi connectivity index (χ0n) is 9.97. The Morgan fingerprint density at radius 3 is 2.24 bits per heavy atom. The van der Waals surface area contributed by atoms with Crippen molar-refractivity contribution in [2.24, 2.45) is 5.41 Å². The number of piperazine rings is 1. The van der Waals surface area contributed by atoms with Gasteiger partial charge in [-0.05, 0) is 35.7 Å². The van der Waals surface area contributed by atoms with Gasteiger partial charge in [-0.2, -0.15) is 0 Å². The fourth-order valence-electron chi connectivity index (χ4n) is 2.84. The van der Waals surface area contributed by atoms with Crippen molar-refractivity contribution < 1.29 is 4.79 Å². The van der Waals surface area contributed by atoms with Crippen LogP contribution < -0.4 is 0 Å². The molecule has 3 fully saturated rings. The molecule has 3 aliphatic rings. The van der Waals surface area contributed by atoms with E-state index in [-0.39, 0.29) is 6.03 Å². The van der Waals surface area contributed by atoms with Crippen LogP contribution in [0.5, 0.6) is 0 Å². The fraction of sp³-hybridized carbons (Fsp3) is 0.909. The van der Waals surface area contributed by atoms with Crippen molar-refractivity contribution in [3.8, 4) is 0 Å². The molecule has 0 bridgehead atoms. The van der Waals surface area contributed by atoms with Gasteiger partial charge in [0.25, 0.3) is 0 Å². The van der Waals surface area contributed by atoms with Crippen LogP contribution in [0, 0.1) is 5.41 Å². The molecular formula is C11H19N3OS2. The molecule has 2 aliphatic heterocycles. The summed E-state index contributed by atoms with van der Waals surface area (Å²) in [5.74, 6) is 0. The van der Waals surface area contributed by atoms with Gasteiger partial charge in [0.1, 0.15) is 0 Å². The average Bonchev–Trinajstić information content (AvgIpc) is 2.99. The number of thiol groups is 1. The number of hydrogen-bond donors (Lipinski definition) is 1. The number of likely N-dealkylation sites (tertiary alicyclic amines) is 1. The highest BCUT2D eigenvalue weighted by Gasteiger charge is 2.49. The highest BCUT2D eigenvalue weighted by molar-refractivity contribution is 8.67. The van der Waals surface area contributed by atoms with Crippen LogP contribution in [-0.2, 0) is 0 Å². The first-order valence-corrected chi connectivity index (χ1v) is 8.15. The molecule has 0 aromatic heterocycles. The standard InChI is InChI=1S/C11H19N3OS2/c15-10(12-5-7-14(17-16)8-6-12)13-4-3-11(9-13)1-2-11/h16H,1-9H2. The Hall–Kier alpha value is -0.0700. The Balaban J connectivity index is 1.53. The second-order valence-electron chi connectivity index (χ2n) is 5.45. The first-order valence-electron chi connectivity index (χ1n) is 6.33. The highest BCUT2D eigenvalue weighted by atomic mass is 33.1. The van der Waals surface area contributed by atoms with Gasteiger partial charge in [-0.1, -0.05) is 11.7 Å². The van der Waals surface area contributed by atoms with Gasteiger partial charge < -0.3 is 9.80 Å². The van der Waals surface area contributed by atoms with E-state index in [2.05, 4.69) is 20.9 Å². The lowest BCUT2D eigenvalue weighted by Gasteiger charge is -2.35. The lowest BCUT2D eigenvalue weighted by atomic mass is 10.1. The van der Waals surface area contributed by atoms with Crippen molar-refractivity contribution >= 4 is 28.7 Å². The SMILES string of the molecule is O=C(N1CCN(SS)CC1)N1CCC2(CC2)C1. The van der Waals surface area contributed by atoms with Crippen LogP contribution in [0.25, 0.3) is 0 Å². The van der Waals surface area contributed by atoms with Crippen LogP contribution >= 0.6 is 22.6 Å². The van der Waals surface area contributed by atoms with Gasteiger partial charge >= 0.3 is 6.03 Å². The molecule has 3 rings (SSSR count). The second-order valence-corrected chi connectivity index (χ2v) is 6.62. The Bertz CT molecular complexity index is 314. The molecule has 2 amide bonds. The maximum Gasteiger partial charge on any atom is 0.320 e. The summed E-state index contributed by atoms with van der Waals surface area (Å²) in [5.41, 5.74) is 0.540. The average molecular weight is 273 g/mol. The molecule has 2 heterocycles. The number of hydrogen-bond acceptors (Lipinski definition) is 4. The molecule has 1 aliphatic carbocycles. The van der Waals surface area contributed by atoms with Crippen LogP contribution in [-0.4, -0.2) is 59.4 Å². The molecule has 17 heavy (non-hydrogen) atoms. The van der Waals surface area contributed by atoms with Gasteiger partial charge in [-0.3, -0.25) is 0 Å². The molecule has 0 N–H and O–H groups in total. The van der Waals surface area contributed by atoms with E-state index in [1.165, 1.54) is 30.2 Å². The molecule has 0 aromatic carbocycles. The predicted octanol–water partition coefficient (Wildman–Crippen LogP) is 1.70. The minimum Gasteiger partial charge on any atom is -0.324 e. The van der Waals surface area contributed by atoms with E-state index in [0.717, 1.165) is 39.3 Å². The Kier molecular flexibility index (Phi) is 3.21. The van der Waals surface area contributed by atoms with Crippen LogP contribution in [0.2, 0.25) is 0 Å². The Morgan fingerprint density at radius 2 is 1.71 bits per heavy atom. The van der Waals surface area contributed by atoms with E-state index in [1.807, 2.05) is 4.90 Å². The van der Waals surface area contributed by atoms with E-state index in [0.29, 0.717) is 5.41 Å². The second kappa shape index (κ2) is 4.55. The number of nitrogens with zero attached hydrogens (tertiary/aromatic N) is 3. The van der Waals surface area contributed by atoms with Gasteiger partial charge in [0.2, 0.25) is 0 Å². The van der Waals surface area contributed by atoms with Crippen LogP contribution in [0.3, 0.4) is 0 Å². The summed E-state index contributed by atoms with van der Waals surface area (Å²) >= 11 is 4.19. The molecule has 1 saturated carbocycles. The highest BCUT2D eigenvalue weighted by Crippen LogP contribution is 2.52. The lowest BCUT2D eigenvalue weighted by molar-refractivity contribution is 0.143. The largest absolute Gasteiger partial charge is 0.324 e. The molecule has 0 atom stereocenters. The predicted molar refractivity (Wildman–Crippen MR) is 73.0 cm³/mol. The normalized spacial score (nSPS) is 27.8. The molecule has 4 nitrogen and oxygen atoms in total. The first kappa shape index (κ1) is 12.0. The number of urea groups is 1. The summed E-state index contributed by atoms with van der Waals surface area (Å²) in [6.45, 7) is 5.53. The van der Waals surface area contributed by atoms with E-state index in [9.17, 15) is 4.79 Å². The summed E-state index contributed by atoms with van der Waals surface area (Å²) in [4.78, 5) is 16.4. The van der Waals surface area contributed by atoms with Crippen LogP contribution in [0.15, 0.2) is 0 Å². The van der Waals surface area contributed by atoms with Gasteiger partial charge in [0.15, 0.2) is 0 Å². The topological polar surface area (TPSA) is 26.8 Å². The van der Waals surface area contributed by atoms with E-state index in [1.54, 1.807) is 0 Å². The Labute approximate surface area is 112 Å². The number of rotatable bonds is 1. The minimum atomic E-state index is 0.262. The molecule has 0 radical (unpaired) electrons. The van der Waals surface area contributed by atoms with Crippen LogP contribution in [0.4, 0.5) is 4.79 Å². The molecule has 0 aromatic rings. The van der Waals surface area contributed by atoms with Crippen molar-refractivity contribution in [2.75, 3.05) is 39.3 Å². The molecule has 96 valence electrons. The molecule has 1 spiro atoms. The zero-order valence-corrected chi connectivity index (χ0v) is 11.7. The van der Waals surface area contributed by atoms with Crippen molar-refractivity contribution in [3.63, 3.8) is 0 Å². The molecule has 6 heteroatoms. The summed E-state index contributed by atoms with van der Waals surface area (Å²) in [7, 11) is 1.48. The third-order valence-corrected chi connectivity index (χ3v) is 5.58. The summed E-state index contributed by atoms with van der Waals surface area (Å²) in [6.07, 6.45) is 3.90. The third kappa shape index (κ3) is 2.39. The third-order valence-electron chi connectivity index (χ3n) is 4.29. The van der Waals surface area contributed by atoms with Crippen molar-refractivity contribution in [1.82, 2.24) is 14.1 Å². The molecule has 0 unspecified atom stereocenters. The number of carbonyl (C=O) groups excluding carboxylic acids is 1.